The Labute approximate surface area is 116 Å². The van der Waals surface area contributed by atoms with Crippen molar-refractivity contribution in [2.24, 2.45) is 5.92 Å². The number of nitrogens with zero attached hydrogens (tertiary/aromatic N) is 1. The topological polar surface area (TPSA) is 29.5 Å². The van der Waals surface area contributed by atoms with Gasteiger partial charge in [0.25, 0.3) is 0 Å². The van der Waals surface area contributed by atoms with E-state index < -0.39 is 0 Å². The van der Waals surface area contributed by atoms with E-state index in [1.807, 2.05) is 6.07 Å². The van der Waals surface area contributed by atoms with Gasteiger partial charge in [-0.15, -0.1) is 0 Å². The number of halogens is 1. The number of hydrogen-bond acceptors (Lipinski definition) is 3. The Morgan fingerprint density at radius 2 is 2.28 bits per heavy atom. The molecule has 18 heavy (non-hydrogen) atoms. The molecule has 1 aromatic rings. The van der Waals surface area contributed by atoms with Crippen LogP contribution >= 0.6 is 15.9 Å². The predicted octanol–water partition coefficient (Wildman–Crippen LogP) is 3.15. The summed E-state index contributed by atoms with van der Waals surface area (Å²) in [4.78, 5) is 13.9. The molecule has 0 N–H and O–H groups in total. The van der Waals surface area contributed by atoms with Crippen LogP contribution in [0.1, 0.15) is 18.4 Å². The van der Waals surface area contributed by atoms with Gasteiger partial charge in [0.1, 0.15) is 0 Å². The molecule has 1 aromatic carbocycles. The zero-order valence-corrected chi connectivity index (χ0v) is 12.4. The van der Waals surface area contributed by atoms with Crippen LogP contribution in [0.2, 0.25) is 0 Å². The number of esters is 1. The van der Waals surface area contributed by atoms with Crippen molar-refractivity contribution in [3.63, 3.8) is 0 Å². The predicted molar refractivity (Wildman–Crippen MR) is 75.8 cm³/mol. The maximum absolute atomic E-state index is 11.6. The molecule has 0 amide bonds. The van der Waals surface area contributed by atoms with Crippen molar-refractivity contribution in [3.05, 3.63) is 28.2 Å². The van der Waals surface area contributed by atoms with Gasteiger partial charge < -0.3 is 9.64 Å². The Kier molecular flexibility index (Phi) is 4.27. The first-order valence-electron chi connectivity index (χ1n) is 6.20. The summed E-state index contributed by atoms with van der Waals surface area (Å²) in [5.74, 6) is -0.0822. The first-order valence-corrected chi connectivity index (χ1v) is 7.00. The smallest absolute Gasteiger partial charge is 0.310 e. The highest BCUT2D eigenvalue weighted by Gasteiger charge is 2.27. The average Bonchev–Trinajstić information content (AvgIpc) is 2.38. The van der Waals surface area contributed by atoms with E-state index in [0.717, 1.165) is 30.4 Å². The quantitative estimate of drug-likeness (QED) is 0.786. The molecule has 0 saturated carbocycles. The lowest BCUT2D eigenvalue weighted by atomic mass is 9.97. The minimum absolute atomic E-state index is 0.00629. The first-order chi connectivity index (χ1) is 8.61. The Balaban J connectivity index is 2.15. The number of methoxy groups -OCH3 is 1. The van der Waals surface area contributed by atoms with Gasteiger partial charge >= 0.3 is 5.97 Å². The fourth-order valence-corrected chi connectivity index (χ4v) is 3.00. The van der Waals surface area contributed by atoms with Crippen molar-refractivity contribution in [1.82, 2.24) is 0 Å². The highest BCUT2D eigenvalue weighted by atomic mass is 79.9. The van der Waals surface area contributed by atoms with Gasteiger partial charge in [-0.2, -0.15) is 0 Å². The fraction of sp³-hybridized carbons (Fsp3) is 0.500. The van der Waals surface area contributed by atoms with Crippen molar-refractivity contribution >= 4 is 27.6 Å². The number of carbonyl (C=O) groups excluding carboxylic acids is 1. The monoisotopic (exact) mass is 311 g/mol. The summed E-state index contributed by atoms with van der Waals surface area (Å²) in [6.07, 6.45) is 1.97. The fourth-order valence-electron chi connectivity index (χ4n) is 2.53. The lowest BCUT2D eigenvalue weighted by molar-refractivity contribution is -0.145. The lowest BCUT2D eigenvalue weighted by Crippen LogP contribution is -2.39. The standard InChI is InChI=1S/C14H18BrNO2/c1-10-8-12(15)5-6-13(10)16-7-3-4-11(9-16)14(17)18-2/h5-6,8,11H,3-4,7,9H2,1-2H3. The van der Waals surface area contributed by atoms with Crippen molar-refractivity contribution < 1.29 is 9.53 Å². The second-order valence-electron chi connectivity index (χ2n) is 4.74. The normalized spacial score (nSPS) is 19.7. The van der Waals surface area contributed by atoms with Crippen LogP contribution in [0.25, 0.3) is 0 Å². The van der Waals surface area contributed by atoms with Gasteiger partial charge in [0.05, 0.1) is 13.0 Å². The van der Waals surface area contributed by atoms with E-state index in [0.29, 0.717) is 0 Å². The summed E-state index contributed by atoms with van der Waals surface area (Å²) in [5.41, 5.74) is 2.45. The van der Waals surface area contributed by atoms with E-state index in [9.17, 15) is 4.79 Å². The number of rotatable bonds is 2. The van der Waals surface area contributed by atoms with Crippen LogP contribution in [0.5, 0.6) is 0 Å². The molecule has 1 aliphatic heterocycles. The summed E-state index contributed by atoms with van der Waals surface area (Å²) in [6, 6.07) is 6.26. The third-order valence-corrected chi connectivity index (χ3v) is 3.95. The van der Waals surface area contributed by atoms with Gasteiger partial charge in [0, 0.05) is 23.2 Å². The Hall–Kier alpha value is -1.03. The molecule has 1 atom stereocenters. The van der Waals surface area contributed by atoms with Crippen LogP contribution in [0.3, 0.4) is 0 Å². The number of benzene rings is 1. The van der Waals surface area contributed by atoms with Gasteiger partial charge in [0.15, 0.2) is 0 Å². The highest BCUT2D eigenvalue weighted by molar-refractivity contribution is 9.10. The van der Waals surface area contributed by atoms with Crippen molar-refractivity contribution in [2.45, 2.75) is 19.8 Å². The van der Waals surface area contributed by atoms with Crippen LogP contribution in [-0.2, 0) is 9.53 Å². The van der Waals surface area contributed by atoms with Gasteiger partial charge in [-0.25, -0.2) is 0 Å². The number of carbonyl (C=O) groups is 1. The van der Waals surface area contributed by atoms with E-state index in [1.165, 1.54) is 18.4 Å². The van der Waals surface area contributed by atoms with Crippen LogP contribution in [-0.4, -0.2) is 26.2 Å². The largest absolute Gasteiger partial charge is 0.469 e. The maximum Gasteiger partial charge on any atom is 0.310 e. The van der Waals surface area contributed by atoms with Gasteiger partial charge in [-0.05, 0) is 43.5 Å². The third kappa shape index (κ3) is 2.86. The number of ether oxygens (including phenoxy) is 1. The van der Waals surface area contributed by atoms with Crippen LogP contribution in [0.15, 0.2) is 22.7 Å². The molecule has 2 rings (SSSR count). The molecule has 0 radical (unpaired) electrons. The maximum atomic E-state index is 11.6. The average molecular weight is 312 g/mol. The molecule has 0 spiro atoms. The molecular weight excluding hydrogens is 294 g/mol. The number of anilines is 1. The van der Waals surface area contributed by atoms with Gasteiger partial charge in [0.2, 0.25) is 0 Å². The third-order valence-electron chi connectivity index (χ3n) is 3.46. The van der Waals surface area contributed by atoms with Crippen molar-refractivity contribution in [1.29, 1.82) is 0 Å². The Morgan fingerprint density at radius 3 is 2.94 bits per heavy atom. The molecular formula is C14H18BrNO2. The Bertz CT molecular complexity index is 447. The molecule has 0 aromatic heterocycles. The van der Waals surface area contributed by atoms with E-state index in [-0.39, 0.29) is 11.9 Å². The summed E-state index contributed by atoms with van der Waals surface area (Å²) in [5, 5.41) is 0. The number of hydrogen-bond donors (Lipinski definition) is 0. The SMILES string of the molecule is COC(=O)C1CCCN(c2ccc(Br)cc2C)C1. The molecule has 4 heteroatoms. The highest BCUT2D eigenvalue weighted by Crippen LogP contribution is 2.28. The zero-order chi connectivity index (χ0) is 13.1. The molecule has 1 aliphatic rings. The molecule has 1 saturated heterocycles. The minimum atomic E-state index is -0.0885. The van der Waals surface area contributed by atoms with Crippen LogP contribution in [0, 0.1) is 12.8 Å². The summed E-state index contributed by atoms with van der Waals surface area (Å²) in [7, 11) is 1.46. The number of aryl methyl sites for hydroxylation is 1. The van der Waals surface area contributed by atoms with Gasteiger partial charge in [-0.3, -0.25) is 4.79 Å². The summed E-state index contributed by atoms with van der Waals surface area (Å²) < 4.78 is 5.94. The minimum Gasteiger partial charge on any atom is -0.469 e. The van der Waals surface area contributed by atoms with Crippen molar-refractivity contribution in [3.8, 4) is 0 Å². The molecule has 1 unspecified atom stereocenters. The lowest BCUT2D eigenvalue weighted by Gasteiger charge is -2.34. The molecule has 98 valence electrons. The van der Waals surface area contributed by atoms with E-state index >= 15 is 0 Å². The summed E-state index contributed by atoms with van der Waals surface area (Å²) >= 11 is 3.47. The van der Waals surface area contributed by atoms with Crippen LogP contribution in [0.4, 0.5) is 5.69 Å². The second-order valence-corrected chi connectivity index (χ2v) is 5.65. The molecule has 1 fully saturated rings. The zero-order valence-electron chi connectivity index (χ0n) is 10.8. The first kappa shape index (κ1) is 13.4. The molecule has 0 aliphatic carbocycles. The van der Waals surface area contributed by atoms with Crippen molar-refractivity contribution in [2.75, 3.05) is 25.1 Å². The molecule has 3 nitrogen and oxygen atoms in total. The Morgan fingerprint density at radius 1 is 1.50 bits per heavy atom. The van der Waals surface area contributed by atoms with E-state index in [1.54, 1.807) is 0 Å². The van der Waals surface area contributed by atoms with E-state index in [2.05, 4.69) is 39.9 Å². The number of piperidine rings is 1. The van der Waals surface area contributed by atoms with Gasteiger partial charge in [-0.1, -0.05) is 15.9 Å². The second kappa shape index (κ2) is 5.74. The summed E-state index contributed by atoms with van der Waals surface area (Å²) in [6.45, 7) is 3.87. The molecule has 1 heterocycles. The molecule has 0 bridgehead atoms. The van der Waals surface area contributed by atoms with E-state index in [4.69, 9.17) is 4.74 Å². The van der Waals surface area contributed by atoms with Crippen LogP contribution < -0.4 is 4.90 Å².